The molecule has 0 spiro atoms. The van der Waals surface area contributed by atoms with Crippen LogP contribution in [0, 0.1) is 13.8 Å². The van der Waals surface area contributed by atoms with E-state index in [0.29, 0.717) is 30.1 Å². The third-order valence-corrected chi connectivity index (χ3v) is 6.96. The van der Waals surface area contributed by atoms with E-state index in [-0.39, 0.29) is 11.7 Å². The minimum atomic E-state index is 0.107. The second-order valence-electron chi connectivity index (χ2n) is 8.88. The molecule has 1 aromatic heterocycles. The predicted octanol–water partition coefficient (Wildman–Crippen LogP) is 4.70. The van der Waals surface area contributed by atoms with E-state index in [1.165, 1.54) is 11.1 Å². The number of Topliss-reactive ketones (excluding diaryl/α,β-unsaturated/α-hetero) is 1. The van der Waals surface area contributed by atoms with Crippen LogP contribution in [0.1, 0.15) is 87.7 Å². The highest BCUT2D eigenvalue weighted by atomic mass is 16.2. The number of rotatable bonds is 4. The summed E-state index contributed by atoms with van der Waals surface area (Å²) in [5, 5.41) is 0. The maximum Gasteiger partial charge on any atom is 0.271 e. The standard InChI is InChI=1S/C24H28N2O2/c1-14-6-3-4-7-19(14)16-12-18(13-16)26(17-10-11-17)24(28)23-15(2)22-20(25-23)8-5-9-21(22)27/h3-4,6-7,16-18,25H,5,8-13H2,1-2H3. The number of carbonyl (C=O) groups excluding carboxylic acids is 2. The zero-order valence-corrected chi connectivity index (χ0v) is 16.8. The summed E-state index contributed by atoms with van der Waals surface area (Å²) in [5.74, 6) is 0.852. The van der Waals surface area contributed by atoms with E-state index in [4.69, 9.17) is 0 Å². The highest BCUT2D eigenvalue weighted by Gasteiger charge is 2.45. The number of nitrogens with one attached hydrogen (secondary N) is 1. The molecule has 3 aliphatic rings. The molecule has 2 fully saturated rings. The topological polar surface area (TPSA) is 53.2 Å². The Balaban J connectivity index is 1.38. The fraction of sp³-hybridized carbons (Fsp3) is 0.500. The van der Waals surface area contributed by atoms with Crippen LogP contribution in [0.2, 0.25) is 0 Å². The lowest BCUT2D eigenvalue weighted by Gasteiger charge is -2.44. The quantitative estimate of drug-likeness (QED) is 0.841. The summed E-state index contributed by atoms with van der Waals surface area (Å²) < 4.78 is 0. The molecule has 0 unspecified atom stereocenters. The van der Waals surface area contributed by atoms with Gasteiger partial charge in [0.15, 0.2) is 5.78 Å². The summed E-state index contributed by atoms with van der Waals surface area (Å²) >= 11 is 0. The Labute approximate surface area is 166 Å². The fourth-order valence-corrected chi connectivity index (χ4v) is 5.21. The number of fused-ring (bicyclic) bond motifs is 1. The van der Waals surface area contributed by atoms with E-state index in [9.17, 15) is 9.59 Å². The lowest BCUT2D eigenvalue weighted by Crippen LogP contribution is -2.48. The molecule has 0 aliphatic heterocycles. The zero-order chi connectivity index (χ0) is 19.4. The van der Waals surface area contributed by atoms with Gasteiger partial charge in [-0.2, -0.15) is 0 Å². The zero-order valence-electron chi connectivity index (χ0n) is 16.8. The van der Waals surface area contributed by atoms with Gasteiger partial charge < -0.3 is 9.88 Å². The summed E-state index contributed by atoms with van der Waals surface area (Å²) in [6, 6.07) is 9.31. The predicted molar refractivity (Wildman–Crippen MR) is 109 cm³/mol. The maximum absolute atomic E-state index is 13.5. The summed E-state index contributed by atoms with van der Waals surface area (Å²) in [7, 11) is 0. The first-order valence-electron chi connectivity index (χ1n) is 10.7. The number of H-pyrrole nitrogens is 1. The second-order valence-corrected chi connectivity index (χ2v) is 8.88. The number of aromatic amines is 1. The molecule has 1 heterocycles. The summed E-state index contributed by atoms with van der Waals surface area (Å²) in [6.45, 7) is 4.12. The van der Waals surface area contributed by atoms with Crippen molar-refractivity contribution in [3.05, 3.63) is 57.9 Å². The molecular formula is C24H28N2O2. The normalized spacial score (nSPS) is 23.9. The van der Waals surface area contributed by atoms with Gasteiger partial charge in [0, 0.05) is 29.8 Å². The van der Waals surface area contributed by atoms with Gasteiger partial charge in [-0.15, -0.1) is 0 Å². The Bertz CT molecular complexity index is 948. The average molecular weight is 377 g/mol. The van der Waals surface area contributed by atoms with Crippen LogP contribution in [0.5, 0.6) is 0 Å². The highest BCUT2D eigenvalue weighted by molar-refractivity contribution is 6.04. The van der Waals surface area contributed by atoms with E-state index in [2.05, 4.69) is 41.1 Å². The highest BCUT2D eigenvalue weighted by Crippen LogP contribution is 2.45. The molecule has 3 aliphatic carbocycles. The van der Waals surface area contributed by atoms with Crippen molar-refractivity contribution in [2.75, 3.05) is 0 Å². The van der Waals surface area contributed by atoms with Gasteiger partial charge in [0.05, 0.1) is 0 Å². The number of aryl methyl sites for hydroxylation is 2. The number of hydrogen-bond acceptors (Lipinski definition) is 2. The SMILES string of the molecule is Cc1ccccc1C1CC(N(C(=O)c2[nH]c3c(c2C)C(=O)CCC3)C2CC2)C1. The molecule has 0 atom stereocenters. The lowest BCUT2D eigenvalue weighted by molar-refractivity contribution is 0.0510. The van der Waals surface area contributed by atoms with Crippen LogP contribution in [0.25, 0.3) is 0 Å². The van der Waals surface area contributed by atoms with Crippen molar-refractivity contribution in [2.45, 2.75) is 76.8 Å². The molecule has 1 N–H and O–H groups in total. The first-order chi connectivity index (χ1) is 13.5. The first kappa shape index (κ1) is 17.7. The summed E-state index contributed by atoms with van der Waals surface area (Å²) in [4.78, 5) is 31.3. The van der Waals surface area contributed by atoms with Crippen molar-refractivity contribution in [3.63, 3.8) is 0 Å². The van der Waals surface area contributed by atoms with Crippen molar-refractivity contribution < 1.29 is 9.59 Å². The summed E-state index contributed by atoms with van der Waals surface area (Å²) in [6.07, 6.45) is 6.67. The molecule has 28 heavy (non-hydrogen) atoms. The van der Waals surface area contributed by atoms with Gasteiger partial charge >= 0.3 is 0 Å². The van der Waals surface area contributed by atoms with Gasteiger partial charge in [-0.25, -0.2) is 0 Å². The first-order valence-corrected chi connectivity index (χ1v) is 10.7. The minimum absolute atomic E-state index is 0.107. The molecule has 2 saturated carbocycles. The monoisotopic (exact) mass is 376 g/mol. The smallest absolute Gasteiger partial charge is 0.271 e. The average Bonchev–Trinajstić information content (AvgIpc) is 3.41. The molecule has 1 amide bonds. The number of hydrogen-bond donors (Lipinski definition) is 1. The number of ketones is 1. The number of nitrogens with zero attached hydrogens (tertiary/aromatic N) is 1. The molecule has 4 heteroatoms. The Morgan fingerprint density at radius 3 is 2.50 bits per heavy atom. The maximum atomic E-state index is 13.5. The van der Waals surface area contributed by atoms with Crippen molar-refractivity contribution in [1.29, 1.82) is 0 Å². The molecule has 0 radical (unpaired) electrons. The third kappa shape index (κ3) is 2.81. The van der Waals surface area contributed by atoms with Crippen LogP contribution >= 0.6 is 0 Å². The number of amides is 1. The molecule has 0 bridgehead atoms. The van der Waals surface area contributed by atoms with Crippen LogP contribution in [0.15, 0.2) is 24.3 Å². The van der Waals surface area contributed by atoms with Crippen LogP contribution in [-0.4, -0.2) is 33.7 Å². The number of benzene rings is 1. The third-order valence-electron chi connectivity index (χ3n) is 6.96. The Kier molecular flexibility index (Phi) is 4.18. The van der Waals surface area contributed by atoms with E-state index in [0.717, 1.165) is 55.3 Å². The molecule has 1 aromatic carbocycles. The van der Waals surface area contributed by atoms with Crippen molar-refractivity contribution in [2.24, 2.45) is 0 Å². The fourth-order valence-electron chi connectivity index (χ4n) is 5.21. The van der Waals surface area contributed by atoms with E-state index in [1.54, 1.807) is 0 Å². The molecule has 146 valence electrons. The van der Waals surface area contributed by atoms with E-state index < -0.39 is 0 Å². The van der Waals surface area contributed by atoms with Crippen molar-refractivity contribution >= 4 is 11.7 Å². The van der Waals surface area contributed by atoms with Gasteiger partial charge in [0.2, 0.25) is 0 Å². The van der Waals surface area contributed by atoms with Crippen molar-refractivity contribution in [3.8, 4) is 0 Å². The van der Waals surface area contributed by atoms with Crippen LogP contribution in [0.4, 0.5) is 0 Å². The molecule has 5 rings (SSSR count). The van der Waals surface area contributed by atoms with Crippen LogP contribution in [-0.2, 0) is 6.42 Å². The van der Waals surface area contributed by atoms with E-state index >= 15 is 0 Å². The van der Waals surface area contributed by atoms with Gasteiger partial charge in [-0.05, 0) is 75.0 Å². The molecular weight excluding hydrogens is 348 g/mol. The Morgan fingerprint density at radius 2 is 1.82 bits per heavy atom. The van der Waals surface area contributed by atoms with Crippen LogP contribution in [0.3, 0.4) is 0 Å². The van der Waals surface area contributed by atoms with Crippen LogP contribution < -0.4 is 0 Å². The molecule has 0 saturated heterocycles. The minimum Gasteiger partial charge on any atom is -0.354 e. The number of aromatic nitrogens is 1. The largest absolute Gasteiger partial charge is 0.354 e. The van der Waals surface area contributed by atoms with Gasteiger partial charge in [-0.1, -0.05) is 24.3 Å². The second kappa shape index (κ2) is 6.61. The number of carbonyl (C=O) groups is 2. The lowest BCUT2D eigenvalue weighted by atomic mass is 9.73. The molecule has 4 nitrogen and oxygen atoms in total. The Hall–Kier alpha value is -2.36. The van der Waals surface area contributed by atoms with Gasteiger partial charge in [0.1, 0.15) is 5.69 Å². The Morgan fingerprint density at radius 1 is 1.07 bits per heavy atom. The molecule has 2 aromatic rings. The van der Waals surface area contributed by atoms with Crippen molar-refractivity contribution in [1.82, 2.24) is 9.88 Å². The van der Waals surface area contributed by atoms with E-state index in [1.807, 2.05) is 6.92 Å². The van der Waals surface area contributed by atoms with Gasteiger partial charge in [0.25, 0.3) is 5.91 Å². The summed E-state index contributed by atoms with van der Waals surface area (Å²) in [5.41, 5.74) is 6.06. The van der Waals surface area contributed by atoms with Gasteiger partial charge in [-0.3, -0.25) is 9.59 Å².